The molecule has 0 unspecified atom stereocenters. The van der Waals surface area contributed by atoms with Crippen molar-refractivity contribution in [3.8, 4) is 11.8 Å². The third kappa shape index (κ3) is 4.99. The Labute approximate surface area is 155 Å². The van der Waals surface area contributed by atoms with Gasteiger partial charge in [-0.3, -0.25) is 5.32 Å². The van der Waals surface area contributed by atoms with E-state index in [1.54, 1.807) is 18.2 Å². The van der Waals surface area contributed by atoms with Crippen LogP contribution in [-0.4, -0.2) is 44.9 Å². The predicted molar refractivity (Wildman–Crippen MR) is 98.1 cm³/mol. The summed E-state index contributed by atoms with van der Waals surface area (Å²) in [6.07, 6.45) is 1.86. The number of rotatable bonds is 7. The molecule has 1 heterocycles. The number of ether oxygens (including phenoxy) is 2. The maximum atomic E-state index is 12.5. The van der Waals surface area contributed by atoms with E-state index in [4.69, 9.17) is 9.47 Å². The highest BCUT2D eigenvalue weighted by Gasteiger charge is 2.21. The standard InChI is InChI=1S/C15H18N4O5S2/c1-23-12-8-13(24-2)17-14(16-12)18-15(20)19-26(21,22)11-7-5-4-6-10(11)9-25-3/h4-8H,9H2,1-3H3,(H2,16,17,18,19,20). The van der Waals surface area contributed by atoms with Crippen molar-refractivity contribution in [2.45, 2.75) is 10.6 Å². The molecule has 0 aliphatic rings. The summed E-state index contributed by atoms with van der Waals surface area (Å²) >= 11 is 1.47. The number of carbonyl (C=O) groups is 1. The zero-order valence-electron chi connectivity index (χ0n) is 14.3. The van der Waals surface area contributed by atoms with E-state index in [9.17, 15) is 13.2 Å². The van der Waals surface area contributed by atoms with Crippen molar-refractivity contribution in [1.82, 2.24) is 14.7 Å². The predicted octanol–water partition coefficient (Wildman–Crippen LogP) is 1.87. The van der Waals surface area contributed by atoms with Gasteiger partial charge in [0.15, 0.2) is 0 Å². The van der Waals surface area contributed by atoms with Crippen molar-refractivity contribution in [2.75, 3.05) is 25.8 Å². The minimum atomic E-state index is -4.06. The molecule has 140 valence electrons. The summed E-state index contributed by atoms with van der Waals surface area (Å²) in [5, 5.41) is 2.25. The Balaban J connectivity index is 2.19. The van der Waals surface area contributed by atoms with E-state index in [-0.39, 0.29) is 22.6 Å². The molecule has 0 saturated carbocycles. The summed E-state index contributed by atoms with van der Waals surface area (Å²) in [5.74, 6) is 0.640. The lowest BCUT2D eigenvalue weighted by atomic mass is 10.2. The van der Waals surface area contributed by atoms with Gasteiger partial charge in [-0.1, -0.05) is 18.2 Å². The molecule has 0 radical (unpaired) electrons. The average molecular weight is 398 g/mol. The zero-order chi connectivity index (χ0) is 19.2. The number of nitrogens with zero attached hydrogens (tertiary/aromatic N) is 2. The molecule has 2 aromatic rings. The normalized spacial score (nSPS) is 10.9. The van der Waals surface area contributed by atoms with Crippen LogP contribution in [0, 0.1) is 0 Å². The van der Waals surface area contributed by atoms with E-state index in [0.29, 0.717) is 11.3 Å². The molecule has 9 nitrogen and oxygen atoms in total. The highest BCUT2D eigenvalue weighted by molar-refractivity contribution is 7.97. The first-order chi connectivity index (χ1) is 12.4. The number of benzene rings is 1. The van der Waals surface area contributed by atoms with Crippen LogP contribution >= 0.6 is 11.8 Å². The van der Waals surface area contributed by atoms with Crippen molar-refractivity contribution in [2.24, 2.45) is 0 Å². The van der Waals surface area contributed by atoms with Gasteiger partial charge in [0.1, 0.15) is 0 Å². The topological polar surface area (TPSA) is 120 Å². The summed E-state index contributed by atoms with van der Waals surface area (Å²) in [6.45, 7) is 0. The molecule has 2 rings (SSSR count). The number of sulfonamides is 1. The summed E-state index contributed by atoms with van der Waals surface area (Å²) in [5.41, 5.74) is 0.597. The van der Waals surface area contributed by atoms with Gasteiger partial charge in [0.2, 0.25) is 17.7 Å². The maximum absolute atomic E-state index is 12.5. The van der Waals surface area contributed by atoms with Crippen molar-refractivity contribution in [3.63, 3.8) is 0 Å². The number of hydrogen-bond acceptors (Lipinski definition) is 8. The molecule has 0 fully saturated rings. The van der Waals surface area contributed by atoms with E-state index in [2.05, 4.69) is 15.3 Å². The van der Waals surface area contributed by atoms with Crippen LogP contribution in [0.1, 0.15) is 5.56 Å². The lowest BCUT2D eigenvalue weighted by Crippen LogP contribution is -2.35. The Kier molecular flexibility index (Phi) is 6.64. The van der Waals surface area contributed by atoms with E-state index < -0.39 is 16.1 Å². The second-order valence-electron chi connectivity index (χ2n) is 4.88. The molecule has 0 aliphatic carbocycles. The molecule has 0 spiro atoms. The maximum Gasteiger partial charge on any atom is 0.335 e. The molecule has 26 heavy (non-hydrogen) atoms. The van der Waals surface area contributed by atoms with Gasteiger partial charge in [-0.15, -0.1) is 0 Å². The van der Waals surface area contributed by atoms with Crippen LogP contribution in [0.5, 0.6) is 11.8 Å². The number of anilines is 1. The van der Waals surface area contributed by atoms with Crippen LogP contribution in [0.4, 0.5) is 10.7 Å². The molecule has 11 heteroatoms. The minimum Gasteiger partial charge on any atom is -0.481 e. The van der Waals surface area contributed by atoms with Gasteiger partial charge in [-0.05, 0) is 17.9 Å². The van der Waals surface area contributed by atoms with Crippen molar-refractivity contribution < 1.29 is 22.7 Å². The van der Waals surface area contributed by atoms with Crippen LogP contribution in [0.3, 0.4) is 0 Å². The Morgan fingerprint density at radius 1 is 1.15 bits per heavy atom. The largest absolute Gasteiger partial charge is 0.481 e. The first kappa shape index (κ1) is 19.8. The number of carbonyl (C=O) groups excluding carboxylic acids is 1. The number of nitrogens with one attached hydrogen (secondary N) is 2. The van der Waals surface area contributed by atoms with Gasteiger partial charge in [0.25, 0.3) is 10.0 Å². The molecule has 0 saturated heterocycles. The highest BCUT2D eigenvalue weighted by atomic mass is 32.2. The molecule has 1 aromatic carbocycles. The van der Waals surface area contributed by atoms with Crippen molar-refractivity contribution in [3.05, 3.63) is 35.9 Å². The van der Waals surface area contributed by atoms with Crippen LogP contribution < -0.4 is 19.5 Å². The van der Waals surface area contributed by atoms with Crippen LogP contribution in [0.15, 0.2) is 35.2 Å². The summed E-state index contributed by atoms with van der Waals surface area (Å²) in [4.78, 5) is 19.9. The average Bonchev–Trinajstić information content (AvgIpc) is 2.61. The third-order valence-corrected chi connectivity index (χ3v) is 5.14. The van der Waals surface area contributed by atoms with Crippen LogP contribution in [0.2, 0.25) is 0 Å². The second kappa shape index (κ2) is 8.72. The second-order valence-corrected chi connectivity index (χ2v) is 7.39. The first-order valence-corrected chi connectivity index (χ1v) is 10.1. The summed E-state index contributed by atoms with van der Waals surface area (Å²) in [6, 6.07) is 6.87. The summed E-state index contributed by atoms with van der Waals surface area (Å²) < 4.78 is 36.9. The number of amides is 2. The lowest BCUT2D eigenvalue weighted by molar-refractivity contribution is 0.256. The smallest absolute Gasteiger partial charge is 0.335 e. The van der Waals surface area contributed by atoms with Gasteiger partial charge in [-0.2, -0.15) is 21.7 Å². The minimum absolute atomic E-state index is 0.0358. The van der Waals surface area contributed by atoms with Gasteiger partial charge in [0.05, 0.1) is 25.2 Å². The fraction of sp³-hybridized carbons (Fsp3) is 0.267. The van der Waals surface area contributed by atoms with Gasteiger partial charge >= 0.3 is 6.03 Å². The summed E-state index contributed by atoms with van der Waals surface area (Å²) in [7, 11) is -1.28. The fourth-order valence-corrected chi connectivity index (χ4v) is 3.82. The Bertz CT molecular complexity index is 867. The quantitative estimate of drug-likeness (QED) is 0.725. The van der Waals surface area contributed by atoms with Crippen molar-refractivity contribution in [1.29, 1.82) is 0 Å². The number of hydrogen-bond donors (Lipinski definition) is 2. The van der Waals surface area contributed by atoms with E-state index >= 15 is 0 Å². The van der Waals surface area contributed by atoms with Crippen LogP contribution in [0.25, 0.3) is 0 Å². The van der Waals surface area contributed by atoms with Crippen molar-refractivity contribution >= 4 is 33.8 Å². The van der Waals surface area contributed by atoms with Gasteiger partial charge in [-0.25, -0.2) is 17.9 Å². The Morgan fingerprint density at radius 2 is 1.77 bits per heavy atom. The SMILES string of the molecule is COc1cc(OC)nc(NC(=O)NS(=O)(=O)c2ccccc2CSC)n1. The molecule has 0 bridgehead atoms. The molecule has 0 atom stereocenters. The number of urea groups is 1. The highest BCUT2D eigenvalue weighted by Crippen LogP contribution is 2.20. The molecule has 0 aliphatic heterocycles. The number of thioether (sulfide) groups is 1. The van der Waals surface area contributed by atoms with E-state index in [1.807, 2.05) is 11.0 Å². The first-order valence-electron chi connectivity index (χ1n) is 7.27. The molecule has 2 amide bonds. The number of methoxy groups -OCH3 is 2. The fourth-order valence-electron chi connectivity index (χ4n) is 2.01. The van der Waals surface area contributed by atoms with E-state index in [1.165, 1.54) is 38.1 Å². The number of aromatic nitrogens is 2. The molecule has 1 aromatic heterocycles. The van der Waals surface area contributed by atoms with E-state index in [0.717, 1.165) is 0 Å². The van der Waals surface area contributed by atoms with Crippen LogP contribution in [-0.2, 0) is 15.8 Å². The third-order valence-electron chi connectivity index (χ3n) is 3.11. The zero-order valence-corrected chi connectivity index (χ0v) is 16.0. The molecular weight excluding hydrogens is 380 g/mol. The monoisotopic (exact) mass is 398 g/mol. The lowest BCUT2D eigenvalue weighted by Gasteiger charge is -2.11. The molecule has 2 N–H and O–H groups in total. The Morgan fingerprint density at radius 3 is 2.35 bits per heavy atom. The Hall–Kier alpha value is -2.53. The van der Waals surface area contributed by atoms with Gasteiger partial charge in [0, 0.05) is 5.75 Å². The molecular formula is C15H18N4O5S2. The van der Waals surface area contributed by atoms with Gasteiger partial charge < -0.3 is 9.47 Å².